The molecule has 0 aliphatic heterocycles. The average Bonchev–Trinajstić information content (AvgIpc) is 2.32. The van der Waals surface area contributed by atoms with Gasteiger partial charge in [-0.25, -0.2) is 0 Å². The summed E-state index contributed by atoms with van der Waals surface area (Å²) in [6.45, 7) is 0. The lowest BCUT2D eigenvalue weighted by Crippen LogP contribution is -1.97. The third kappa shape index (κ3) is 2.55. The Labute approximate surface area is 97.1 Å². The molecule has 0 saturated carbocycles. The van der Waals surface area contributed by atoms with Gasteiger partial charge in [0.2, 0.25) is 5.43 Å². The van der Waals surface area contributed by atoms with Crippen LogP contribution in [0.1, 0.15) is 11.3 Å². The summed E-state index contributed by atoms with van der Waals surface area (Å²) in [6, 6.07) is 7.96. The van der Waals surface area contributed by atoms with Gasteiger partial charge in [0.25, 0.3) is 0 Å². The van der Waals surface area contributed by atoms with Gasteiger partial charge in [0.05, 0.1) is 0 Å². The molecule has 17 heavy (non-hydrogen) atoms. The lowest BCUT2D eigenvalue weighted by molar-refractivity contribution is 0.427. The normalized spacial score (nSPS) is 10.8. The van der Waals surface area contributed by atoms with Crippen LogP contribution in [-0.4, -0.2) is 10.2 Å². The molecular weight excluding hydrogens is 220 g/mol. The number of phenols is 1. The molecule has 2 N–H and O–H groups in total. The Morgan fingerprint density at radius 1 is 1.06 bits per heavy atom. The SMILES string of the molecule is O=c1cc(/C=C/c2ccccc2O)occ1O. The van der Waals surface area contributed by atoms with Crippen LogP contribution in [0.15, 0.2) is 45.8 Å². The minimum atomic E-state index is -0.506. The zero-order valence-corrected chi connectivity index (χ0v) is 8.83. The number of hydrogen-bond donors (Lipinski definition) is 2. The van der Waals surface area contributed by atoms with E-state index in [0.29, 0.717) is 11.3 Å². The molecule has 4 nitrogen and oxygen atoms in total. The molecule has 0 radical (unpaired) electrons. The fourth-order valence-electron chi connectivity index (χ4n) is 1.31. The van der Waals surface area contributed by atoms with Crippen LogP contribution >= 0.6 is 0 Å². The summed E-state index contributed by atoms with van der Waals surface area (Å²) in [5.74, 6) is 0.0191. The molecular formula is C13H10O4. The van der Waals surface area contributed by atoms with Crippen LogP contribution < -0.4 is 5.43 Å². The van der Waals surface area contributed by atoms with Crippen molar-refractivity contribution < 1.29 is 14.6 Å². The molecule has 1 heterocycles. The summed E-state index contributed by atoms with van der Waals surface area (Å²) in [4.78, 5) is 11.1. The minimum absolute atomic E-state index is 0.143. The molecule has 0 spiro atoms. The summed E-state index contributed by atoms with van der Waals surface area (Å²) in [6.07, 6.45) is 4.13. The Morgan fingerprint density at radius 3 is 2.53 bits per heavy atom. The van der Waals surface area contributed by atoms with E-state index in [9.17, 15) is 9.90 Å². The summed E-state index contributed by atoms with van der Waals surface area (Å²) in [5.41, 5.74) is 0.108. The first-order chi connectivity index (χ1) is 8.16. The molecule has 0 aliphatic rings. The second kappa shape index (κ2) is 4.57. The molecule has 0 fully saturated rings. The lowest BCUT2D eigenvalue weighted by Gasteiger charge is -1.97. The van der Waals surface area contributed by atoms with E-state index in [4.69, 9.17) is 9.52 Å². The van der Waals surface area contributed by atoms with Crippen LogP contribution in [0.3, 0.4) is 0 Å². The first-order valence-electron chi connectivity index (χ1n) is 4.95. The zero-order valence-electron chi connectivity index (χ0n) is 8.83. The Balaban J connectivity index is 2.29. The third-order valence-electron chi connectivity index (χ3n) is 2.20. The van der Waals surface area contributed by atoms with E-state index in [-0.39, 0.29) is 5.75 Å². The second-order valence-corrected chi connectivity index (χ2v) is 3.42. The van der Waals surface area contributed by atoms with Gasteiger partial charge >= 0.3 is 0 Å². The maximum atomic E-state index is 11.1. The molecule has 0 bridgehead atoms. The van der Waals surface area contributed by atoms with Gasteiger partial charge in [-0.15, -0.1) is 0 Å². The van der Waals surface area contributed by atoms with Gasteiger partial charge in [-0.05, 0) is 18.2 Å². The summed E-state index contributed by atoms with van der Waals surface area (Å²) in [7, 11) is 0. The monoisotopic (exact) mass is 230 g/mol. The molecule has 86 valence electrons. The molecule has 0 amide bonds. The summed E-state index contributed by atoms with van der Waals surface area (Å²) >= 11 is 0. The van der Waals surface area contributed by atoms with Gasteiger partial charge < -0.3 is 14.6 Å². The van der Waals surface area contributed by atoms with Gasteiger partial charge in [-0.2, -0.15) is 0 Å². The highest BCUT2D eigenvalue weighted by Gasteiger charge is 1.99. The van der Waals surface area contributed by atoms with Crippen molar-refractivity contribution in [3.05, 3.63) is 58.1 Å². The average molecular weight is 230 g/mol. The van der Waals surface area contributed by atoms with E-state index in [0.717, 1.165) is 6.26 Å². The van der Waals surface area contributed by atoms with Crippen LogP contribution in [0.25, 0.3) is 12.2 Å². The second-order valence-electron chi connectivity index (χ2n) is 3.42. The maximum absolute atomic E-state index is 11.1. The van der Waals surface area contributed by atoms with Gasteiger partial charge in [0.15, 0.2) is 5.75 Å². The Morgan fingerprint density at radius 2 is 1.82 bits per heavy atom. The van der Waals surface area contributed by atoms with E-state index in [1.54, 1.807) is 30.3 Å². The molecule has 0 atom stereocenters. The van der Waals surface area contributed by atoms with Gasteiger partial charge in [-0.3, -0.25) is 4.79 Å². The van der Waals surface area contributed by atoms with E-state index < -0.39 is 11.2 Å². The van der Waals surface area contributed by atoms with Crippen LogP contribution in [0.4, 0.5) is 0 Å². The number of benzene rings is 1. The predicted octanol–water partition coefficient (Wildman–Crippen LogP) is 2.22. The van der Waals surface area contributed by atoms with Crippen LogP contribution in [0, 0.1) is 0 Å². The molecule has 2 rings (SSSR count). The highest BCUT2D eigenvalue weighted by atomic mass is 16.3. The zero-order chi connectivity index (χ0) is 12.3. The Kier molecular flexibility index (Phi) is 2.96. The molecule has 2 aromatic rings. The topological polar surface area (TPSA) is 70.7 Å². The van der Waals surface area contributed by atoms with Crippen molar-refractivity contribution in [3.63, 3.8) is 0 Å². The number of aromatic hydroxyl groups is 2. The highest BCUT2D eigenvalue weighted by molar-refractivity contribution is 5.70. The van der Waals surface area contributed by atoms with Crippen LogP contribution in [-0.2, 0) is 0 Å². The van der Waals surface area contributed by atoms with Crippen molar-refractivity contribution in [1.82, 2.24) is 0 Å². The molecule has 1 aromatic heterocycles. The fraction of sp³-hybridized carbons (Fsp3) is 0. The van der Waals surface area contributed by atoms with E-state index >= 15 is 0 Å². The van der Waals surface area contributed by atoms with Crippen molar-refractivity contribution in [3.8, 4) is 11.5 Å². The fourth-order valence-corrected chi connectivity index (χ4v) is 1.31. The van der Waals surface area contributed by atoms with E-state index in [1.165, 1.54) is 12.1 Å². The van der Waals surface area contributed by atoms with Crippen LogP contribution in [0.5, 0.6) is 11.5 Å². The van der Waals surface area contributed by atoms with Crippen molar-refractivity contribution >= 4 is 12.2 Å². The minimum Gasteiger partial charge on any atom is -0.507 e. The third-order valence-corrected chi connectivity index (χ3v) is 2.20. The van der Waals surface area contributed by atoms with Crippen molar-refractivity contribution in [1.29, 1.82) is 0 Å². The molecule has 0 unspecified atom stereocenters. The number of phenolic OH excluding ortho intramolecular Hbond substituents is 1. The summed E-state index contributed by atoms with van der Waals surface area (Å²) in [5, 5.41) is 18.5. The van der Waals surface area contributed by atoms with E-state index in [1.807, 2.05) is 0 Å². The number of hydrogen-bond acceptors (Lipinski definition) is 4. The molecule has 0 aliphatic carbocycles. The predicted molar refractivity (Wildman–Crippen MR) is 63.7 cm³/mol. The molecule has 4 heteroatoms. The maximum Gasteiger partial charge on any atom is 0.227 e. The molecule has 1 aromatic carbocycles. The van der Waals surface area contributed by atoms with Gasteiger partial charge in [0, 0.05) is 11.6 Å². The van der Waals surface area contributed by atoms with Crippen LogP contribution in [0.2, 0.25) is 0 Å². The first kappa shape index (κ1) is 11.0. The van der Waals surface area contributed by atoms with Crippen molar-refractivity contribution in [2.24, 2.45) is 0 Å². The standard InChI is InChI=1S/C13H10O4/c14-11-4-2-1-3-9(11)5-6-10-7-12(15)13(16)8-17-10/h1-8,14,16H/b6-5+. The first-order valence-corrected chi connectivity index (χ1v) is 4.95. The smallest absolute Gasteiger partial charge is 0.227 e. The summed E-state index contributed by atoms with van der Waals surface area (Å²) < 4.78 is 4.98. The van der Waals surface area contributed by atoms with Gasteiger partial charge in [0.1, 0.15) is 17.8 Å². The van der Waals surface area contributed by atoms with Crippen molar-refractivity contribution in [2.45, 2.75) is 0 Å². The van der Waals surface area contributed by atoms with Crippen molar-refractivity contribution in [2.75, 3.05) is 0 Å². The lowest BCUT2D eigenvalue weighted by atomic mass is 10.2. The number of rotatable bonds is 2. The van der Waals surface area contributed by atoms with Gasteiger partial charge in [-0.1, -0.05) is 18.2 Å². The highest BCUT2D eigenvalue weighted by Crippen LogP contribution is 2.18. The Bertz CT molecular complexity index is 611. The number of para-hydroxylation sites is 1. The molecule has 0 saturated heterocycles. The largest absolute Gasteiger partial charge is 0.507 e. The van der Waals surface area contributed by atoms with E-state index in [2.05, 4.69) is 0 Å². The quantitative estimate of drug-likeness (QED) is 0.829. The Hall–Kier alpha value is -2.49.